The third-order valence-electron chi connectivity index (χ3n) is 3.98. The van der Waals surface area contributed by atoms with E-state index in [2.05, 4.69) is 36.6 Å². The van der Waals surface area contributed by atoms with E-state index < -0.39 is 0 Å². The maximum Gasteiger partial charge on any atom is 0.251 e. The SMILES string of the molecule is Cc1cc(C(C)NC(=O)c2ccc3c(c2)NCC3)c(C)s1. The largest absolute Gasteiger partial charge is 0.384 e. The summed E-state index contributed by atoms with van der Waals surface area (Å²) >= 11 is 1.78. The van der Waals surface area contributed by atoms with Crippen LogP contribution in [0.2, 0.25) is 0 Å². The monoisotopic (exact) mass is 300 g/mol. The number of amides is 1. The molecule has 2 aromatic rings. The summed E-state index contributed by atoms with van der Waals surface area (Å²) in [5.74, 6) is -0.0118. The van der Waals surface area contributed by atoms with Gasteiger partial charge < -0.3 is 10.6 Å². The van der Waals surface area contributed by atoms with Crippen molar-refractivity contribution in [2.75, 3.05) is 11.9 Å². The quantitative estimate of drug-likeness (QED) is 0.904. The smallest absolute Gasteiger partial charge is 0.251 e. The number of thiophene rings is 1. The highest BCUT2D eigenvalue weighted by molar-refractivity contribution is 7.12. The molecule has 1 atom stereocenters. The molecule has 0 bridgehead atoms. The second kappa shape index (κ2) is 5.53. The molecule has 0 fully saturated rings. The lowest BCUT2D eigenvalue weighted by atomic mass is 10.1. The number of rotatable bonds is 3. The van der Waals surface area contributed by atoms with E-state index in [9.17, 15) is 4.79 Å². The molecular weight excluding hydrogens is 280 g/mol. The summed E-state index contributed by atoms with van der Waals surface area (Å²) in [6, 6.07) is 8.11. The van der Waals surface area contributed by atoms with E-state index in [0.717, 1.165) is 24.2 Å². The molecular formula is C17H20N2OS. The van der Waals surface area contributed by atoms with Crippen molar-refractivity contribution in [2.24, 2.45) is 0 Å². The molecule has 2 heterocycles. The Balaban J connectivity index is 1.75. The Kier molecular flexibility index (Phi) is 3.72. The summed E-state index contributed by atoms with van der Waals surface area (Å²) in [5, 5.41) is 6.41. The Morgan fingerprint density at radius 1 is 1.33 bits per heavy atom. The van der Waals surface area contributed by atoms with Crippen molar-refractivity contribution >= 4 is 22.9 Å². The van der Waals surface area contributed by atoms with Crippen LogP contribution in [0.1, 0.15) is 44.2 Å². The fourth-order valence-electron chi connectivity index (χ4n) is 2.87. The van der Waals surface area contributed by atoms with Gasteiger partial charge in [-0.05, 0) is 56.5 Å². The summed E-state index contributed by atoms with van der Waals surface area (Å²) in [4.78, 5) is 15.0. The Bertz CT molecular complexity index is 690. The average molecular weight is 300 g/mol. The first kappa shape index (κ1) is 14.1. The molecule has 1 aromatic heterocycles. The molecule has 21 heavy (non-hydrogen) atoms. The van der Waals surface area contributed by atoms with Crippen molar-refractivity contribution in [1.82, 2.24) is 5.32 Å². The van der Waals surface area contributed by atoms with E-state index in [-0.39, 0.29) is 11.9 Å². The lowest BCUT2D eigenvalue weighted by molar-refractivity contribution is 0.0940. The summed E-state index contributed by atoms with van der Waals surface area (Å²) in [7, 11) is 0. The van der Waals surface area contributed by atoms with Crippen molar-refractivity contribution in [3.8, 4) is 0 Å². The standard InChI is InChI=1S/C17H20N2OS/c1-10-8-15(12(3)21-10)11(2)19-17(20)14-5-4-13-6-7-18-16(13)9-14/h4-5,8-9,11,18H,6-7H2,1-3H3,(H,19,20). The van der Waals surface area contributed by atoms with Crippen LogP contribution in [0, 0.1) is 13.8 Å². The number of nitrogens with one attached hydrogen (secondary N) is 2. The second-order valence-corrected chi connectivity index (χ2v) is 7.07. The van der Waals surface area contributed by atoms with Crippen LogP contribution in [0.5, 0.6) is 0 Å². The maximum atomic E-state index is 12.4. The zero-order chi connectivity index (χ0) is 15.0. The van der Waals surface area contributed by atoms with Gasteiger partial charge in [-0.25, -0.2) is 0 Å². The third kappa shape index (κ3) is 2.81. The second-order valence-electron chi connectivity index (χ2n) is 5.61. The number of carbonyl (C=O) groups is 1. The van der Waals surface area contributed by atoms with Crippen LogP contribution in [0.15, 0.2) is 24.3 Å². The van der Waals surface area contributed by atoms with Gasteiger partial charge in [0, 0.05) is 27.5 Å². The highest BCUT2D eigenvalue weighted by Gasteiger charge is 2.17. The molecule has 1 unspecified atom stereocenters. The van der Waals surface area contributed by atoms with Gasteiger partial charge in [0.15, 0.2) is 0 Å². The fraction of sp³-hybridized carbons (Fsp3) is 0.353. The molecule has 3 rings (SSSR count). The molecule has 0 aliphatic carbocycles. The number of benzene rings is 1. The van der Waals surface area contributed by atoms with Crippen LogP contribution in [0.25, 0.3) is 0 Å². The molecule has 0 saturated carbocycles. The van der Waals surface area contributed by atoms with Gasteiger partial charge in [0.2, 0.25) is 0 Å². The van der Waals surface area contributed by atoms with E-state index in [1.165, 1.54) is 20.9 Å². The topological polar surface area (TPSA) is 41.1 Å². The van der Waals surface area contributed by atoms with E-state index in [4.69, 9.17) is 0 Å². The first-order valence-electron chi connectivity index (χ1n) is 7.29. The minimum atomic E-state index is -0.0118. The normalized spacial score (nSPS) is 14.4. The summed E-state index contributed by atoms with van der Waals surface area (Å²) in [5.41, 5.74) is 4.33. The van der Waals surface area contributed by atoms with Crippen molar-refractivity contribution in [2.45, 2.75) is 33.2 Å². The summed E-state index contributed by atoms with van der Waals surface area (Å²) in [6.07, 6.45) is 1.04. The first-order chi connectivity index (χ1) is 10.0. The minimum absolute atomic E-state index is 0.0118. The molecule has 0 radical (unpaired) electrons. The Morgan fingerprint density at radius 3 is 2.86 bits per heavy atom. The fourth-order valence-corrected chi connectivity index (χ4v) is 3.89. The van der Waals surface area contributed by atoms with Gasteiger partial charge in [0.1, 0.15) is 0 Å². The molecule has 1 amide bonds. The molecule has 0 saturated heterocycles. The lowest BCUT2D eigenvalue weighted by Gasteiger charge is -2.14. The van der Waals surface area contributed by atoms with Gasteiger partial charge in [-0.1, -0.05) is 6.07 Å². The Hall–Kier alpha value is -1.81. The van der Waals surface area contributed by atoms with Gasteiger partial charge in [0.25, 0.3) is 5.91 Å². The zero-order valence-corrected chi connectivity index (χ0v) is 13.4. The van der Waals surface area contributed by atoms with E-state index >= 15 is 0 Å². The number of aryl methyl sites for hydroxylation is 2. The minimum Gasteiger partial charge on any atom is -0.384 e. The maximum absolute atomic E-state index is 12.4. The predicted molar refractivity (Wildman–Crippen MR) is 88.3 cm³/mol. The van der Waals surface area contributed by atoms with Gasteiger partial charge >= 0.3 is 0 Å². The third-order valence-corrected chi connectivity index (χ3v) is 4.96. The average Bonchev–Trinajstić information content (AvgIpc) is 3.03. The molecule has 2 N–H and O–H groups in total. The molecule has 0 spiro atoms. The van der Waals surface area contributed by atoms with Crippen LogP contribution in [0.3, 0.4) is 0 Å². The van der Waals surface area contributed by atoms with Crippen LogP contribution in [-0.2, 0) is 6.42 Å². The van der Waals surface area contributed by atoms with Crippen molar-refractivity contribution in [3.05, 3.63) is 50.7 Å². The summed E-state index contributed by atoms with van der Waals surface area (Å²) in [6.45, 7) is 7.21. The van der Waals surface area contributed by atoms with Crippen molar-refractivity contribution < 1.29 is 4.79 Å². The zero-order valence-electron chi connectivity index (χ0n) is 12.6. The molecule has 1 aliphatic heterocycles. The van der Waals surface area contributed by atoms with Crippen LogP contribution in [0.4, 0.5) is 5.69 Å². The van der Waals surface area contributed by atoms with Crippen molar-refractivity contribution in [1.29, 1.82) is 0 Å². The van der Waals surface area contributed by atoms with Crippen molar-refractivity contribution in [3.63, 3.8) is 0 Å². The Morgan fingerprint density at radius 2 is 2.14 bits per heavy atom. The van der Waals surface area contributed by atoms with Gasteiger partial charge in [-0.2, -0.15) is 0 Å². The van der Waals surface area contributed by atoms with Crippen LogP contribution >= 0.6 is 11.3 Å². The van der Waals surface area contributed by atoms with Gasteiger partial charge in [0.05, 0.1) is 6.04 Å². The first-order valence-corrected chi connectivity index (χ1v) is 8.11. The highest BCUT2D eigenvalue weighted by atomic mass is 32.1. The van der Waals surface area contributed by atoms with Gasteiger partial charge in [-0.3, -0.25) is 4.79 Å². The number of anilines is 1. The van der Waals surface area contributed by atoms with E-state index in [1.54, 1.807) is 11.3 Å². The number of carbonyl (C=O) groups excluding carboxylic acids is 1. The highest BCUT2D eigenvalue weighted by Crippen LogP contribution is 2.27. The number of hydrogen-bond donors (Lipinski definition) is 2. The van der Waals surface area contributed by atoms with Crippen LogP contribution < -0.4 is 10.6 Å². The Labute approximate surface area is 129 Å². The number of fused-ring (bicyclic) bond motifs is 1. The molecule has 1 aliphatic rings. The predicted octanol–water partition coefficient (Wildman–Crippen LogP) is 3.82. The van der Waals surface area contributed by atoms with E-state index in [0.29, 0.717) is 0 Å². The van der Waals surface area contributed by atoms with E-state index in [1.807, 2.05) is 19.1 Å². The van der Waals surface area contributed by atoms with Crippen LogP contribution in [-0.4, -0.2) is 12.5 Å². The number of hydrogen-bond acceptors (Lipinski definition) is 3. The van der Waals surface area contributed by atoms with Gasteiger partial charge in [-0.15, -0.1) is 11.3 Å². The molecule has 4 heteroatoms. The molecule has 110 valence electrons. The lowest BCUT2D eigenvalue weighted by Crippen LogP contribution is -2.26. The molecule has 3 nitrogen and oxygen atoms in total. The summed E-state index contributed by atoms with van der Waals surface area (Å²) < 4.78 is 0. The molecule has 1 aromatic carbocycles.